The lowest BCUT2D eigenvalue weighted by Crippen LogP contribution is -2.45. The minimum atomic E-state index is -0.439. The highest BCUT2D eigenvalue weighted by molar-refractivity contribution is 5.94. The van der Waals surface area contributed by atoms with E-state index in [1.807, 2.05) is 48.7 Å². The van der Waals surface area contributed by atoms with Gasteiger partial charge in [-0.05, 0) is 76.4 Å². The van der Waals surface area contributed by atoms with Crippen LogP contribution in [0.4, 0.5) is 10.5 Å². The molecule has 1 saturated heterocycles. The van der Waals surface area contributed by atoms with Crippen molar-refractivity contribution >= 4 is 17.7 Å². The van der Waals surface area contributed by atoms with Crippen molar-refractivity contribution in [3.63, 3.8) is 0 Å². The molecule has 3 heterocycles. The number of benzene rings is 1. The van der Waals surface area contributed by atoms with Crippen LogP contribution < -0.4 is 10.2 Å². The van der Waals surface area contributed by atoms with Crippen LogP contribution in [0.3, 0.4) is 0 Å². The average Bonchev–Trinajstić information content (AvgIpc) is 3.26. The predicted molar refractivity (Wildman–Crippen MR) is 133 cm³/mol. The lowest BCUT2D eigenvalue weighted by molar-refractivity contribution is -0.117. The predicted octanol–water partition coefficient (Wildman–Crippen LogP) is 4.36. The topological polar surface area (TPSA) is 79.7 Å². The van der Waals surface area contributed by atoms with Gasteiger partial charge >= 0.3 is 6.09 Å². The molecule has 1 fully saturated rings. The summed E-state index contributed by atoms with van der Waals surface area (Å²) in [5, 5.41) is 7.59. The van der Waals surface area contributed by atoms with Crippen molar-refractivity contribution in [2.75, 3.05) is 24.5 Å². The molecule has 1 aromatic carbocycles. The van der Waals surface area contributed by atoms with Crippen LogP contribution in [0.25, 0.3) is 11.1 Å². The number of nitrogens with zero attached hydrogens (tertiary/aromatic N) is 4. The van der Waals surface area contributed by atoms with Crippen LogP contribution in [0, 0.1) is 0 Å². The van der Waals surface area contributed by atoms with Crippen LogP contribution in [0.1, 0.15) is 65.0 Å². The molecule has 2 aliphatic heterocycles. The Bertz CT molecular complexity index is 1010. The van der Waals surface area contributed by atoms with E-state index in [-0.39, 0.29) is 24.1 Å². The second-order valence-electron chi connectivity index (χ2n) is 9.79. The number of anilines is 1. The molecular formula is C26H37N5O3. The molecule has 0 saturated carbocycles. The summed E-state index contributed by atoms with van der Waals surface area (Å²) in [5.74, 6) is -0.00441. The Kier molecular flexibility index (Phi) is 7.56. The quantitative estimate of drug-likeness (QED) is 0.683. The Morgan fingerprint density at radius 3 is 2.62 bits per heavy atom. The number of rotatable bonds is 6. The maximum Gasteiger partial charge on any atom is 0.407 e. The van der Waals surface area contributed by atoms with Crippen molar-refractivity contribution in [3.05, 3.63) is 36.2 Å². The average molecular weight is 468 g/mol. The monoisotopic (exact) mass is 467 g/mol. The van der Waals surface area contributed by atoms with Crippen molar-refractivity contribution < 1.29 is 14.3 Å². The summed E-state index contributed by atoms with van der Waals surface area (Å²) in [7, 11) is 0. The lowest BCUT2D eigenvalue weighted by atomic mass is 9.89. The number of piperidine rings is 1. The van der Waals surface area contributed by atoms with Gasteiger partial charge in [0.05, 0.1) is 24.9 Å². The Hall–Kier alpha value is -2.87. The highest BCUT2D eigenvalue weighted by atomic mass is 16.6. The number of hydrogen-bond donors (Lipinski definition) is 1. The second kappa shape index (κ2) is 10.6. The Morgan fingerprint density at radius 1 is 1.15 bits per heavy atom. The molecule has 0 bridgehead atoms. The molecule has 0 unspecified atom stereocenters. The number of fused-ring (bicyclic) bond motifs is 1. The number of ether oxygens (including phenoxy) is 1. The molecule has 2 aromatic rings. The normalized spacial score (nSPS) is 20.8. The third-order valence-corrected chi connectivity index (χ3v) is 6.71. The fourth-order valence-corrected chi connectivity index (χ4v) is 5.11. The number of carbonyl (C=O) groups is 2. The SMILES string of the molecule is CC(=O)N1c2ccc(-c3cnn(CCN4CCCCC4)c3)cc2[C@@H](NC(=O)OC(C)C)C[C@H]1C. The van der Waals surface area contributed by atoms with Gasteiger partial charge in [0.1, 0.15) is 0 Å². The maximum absolute atomic E-state index is 12.4. The van der Waals surface area contributed by atoms with Crippen LogP contribution >= 0.6 is 0 Å². The van der Waals surface area contributed by atoms with E-state index < -0.39 is 6.09 Å². The summed E-state index contributed by atoms with van der Waals surface area (Å²) in [6.45, 7) is 11.5. The van der Waals surface area contributed by atoms with Gasteiger partial charge in [-0.25, -0.2) is 4.79 Å². The third-order valence-electron chi connectivity index (χ3n) is 6.71. The van der Waals surface area contributed by atoms with Crippen molar-refractivity contribution in [1.82, 2.24) is 20.0 Å². The number of hydrogen-bond acceptors (Lipinski definition) is 5. The largest absolute Gasteiger partial charge is 0.447 e. The number of carbonyl (C=O) groups excluding carboxylic acids is 2. The Balaban J connectivity index is 1.56. The van der Waals surface area contributed by atoms with E-state index in [9.17, 15) is 9.59 Å². The van der Waals surface area contributed by atoms with Crippen molar-refractivity contribution in [2.24, 2.45) is 0 Å². The first-order valence-corrected chi connectivity index (χ1v) is 12.5. The fraction of sp³-hybridized carbons (Fsp3) is 0.577. The number of nitrogens with one attached hydrogen (secondary N) is 1. The molecule has 2 atom stereocenters. The molecule has 8 nitrogen and oxygen atoms in total. The molecule has 2 amide bonds. The first-order chi connectivity index (χ1) is 16.3. The van der Waals surface area contributed by atoms with E-state index in [4.69, 9.17) is 4.74 Å². The highest BCUT2D eigenvalue weighted by Gasteiger charge is 2.34. The van der Waals surface area contributed by atoms with E-state index in [0.717, 1.165) is 35.5 Å². The molecule has 0 radical (unpaired) electrons. The van der Waals surface area contributed by atoms with Gasteiger partial charge in [0.25, 0.3) is 0 Å². The van der Waals surface area contributed by atoms with E-state index in [1.54, 1.807) is 6.92 Å². The fourth-order valence-electron chi connectivity index (χ4n) is 5.11. The minimum absolute atomic E-state index is 0.00441. The summed E-state index contributed by atoms with van der Waals surface area (Å²) in [6.07, 6.45) is 7.87. The van der Waals surface area contributed by atoms with Crippen molar-refractivity contribution in [2.45, 2.75) is 78.1 Å². The summed E-state index contributed by atoms with van der Waals surface area (Å²) in [6, 6.07) is 5.82. The van der Waals surface area contributed by atoms with Gasteiger partial charge in [-0.15, -0.1) is 0 Å². The van der Waals surface area contributed by atoms with Crippen molar-refractivity contribution in [1.29, 1.82) is 0 Å². The second-order valence-corrected chi connectivity index (χ2v) is 9.79. The molecule has 8 heteroatoms. The smallest absolute Gasteiger partial charge is 0.407 e. The molecule has 2 aliphatic rings. The van der Waals surface area contributed by atoms with E-state index in [1.165, 1.54) is 32.4 Å². The molecule has 4 rings (SSSR count). The van der Waals surface area contributed by atoms with Gasteiger partial charge in [0.15, 0.2) is 0 Å². The van der Waals surface area contributed by atoms with Gasteiger partial charge in [-0.1, -0.05) is 12.5 Å². The van der Waals surface area contributed by atoms with Gasteiger partial charge in [0, 0.05) is 37.0 Å². The van der Waals surface area contributed by atoms with Crippen LogP contribution in [0.2, 0.25) is 0 Å². The maximum atomic E-state index is 12.4. The van der Waals surface area contributed by atoms with Crippen LogP contribution in [-0.2, 0) is 16.1 Å². The summed E-state index contributed by atoms with van der Waals surface area (Å²) < 4.78 is 7.33. The summed E-state index contributed by atoms with van der Waals surface area (Å²) in [4.78, 5) is 29.1. The molecule has 1 aromatic heterocycles. The van der Waals surface area contributed by atoms with Gasteiger partial charge in [-0.3, -0.25) is 9.48 Å². The first-order valence-electron chi connectivity index (χ1n) is 12.5. The zero-order chi connectivity index (χ0) is 24.2. The van der Waals surface area contributed by atoms with Gasteiger partial charge in [0.2, 0.25) is 5.91 Å². The molecular weight excluding hydrogens is 430 g/mol. The number of alkyl carbamates (subject to hydrolysis) is 1. The molecule has 0 spiro atoms. The van der Waals surface area contributed by atoms with Crippen molar-refractivity contribution in [3.8, 4) is 11.1 Å². The molecule has 34 heavy (non-hydrogen) atoms. The third kappa shape index (κ3) is 5.60. The lowest BCUT2D eigenvalue weighted by Gasteiger charge is -2.39. The van der Waals surface area contributed by atoms with E-state index >= 15 is 0 Å². The number of likely N-dealkylation sites (tertiary alicyclic amines) is 1. The summed E-state index contributed by atoms with van der Waals surface area (Å²) in [5.41, 5.74) is 3.80. The Morgan fingerprint density at radius 2 is 1.91 bits per heavy atom. The van der Waals surface area contributed by atoms with Crippen LogP contribution in [0.5, 0.6) is 0 Å². The van der Waals surface area contributed by atoms with Gasteiger partial charge < -0.3 is 19.9 Å². The van der Waals surface area contributed by atoms with Gasteiger partial charge in [-0.2, -0.15) is 5.10 Å². The van der Waals surface area contributed by atoms with Crippen LogP contribution in [-0.4, -0.2) is 58.5 Å². The highest BCUT2D eigenvalue weighted by Crippen LogP contribution is 2.39. The zero-order valence-electron chi connectivity index (χ0n) is 20.8. The van der Waals surface area contributed by atoms with E-state index in [0.29, 0.717) is 6.42 Å². The number of amides is 2. The minimum Gasteiger partial charge on any atom is -0.447 e. The first kappa shape index (κ1) is 24.3. The standard InChI is InChI=1S/C26H37N5O3/c1-18(2)34-26(33)28-24-14-19(3)31(20(4)32)25-9-8-21(15-23(24)25)22-16-27-30(17-22)13-12-29-10-6-5-7-11-29/h8-9,15-19,24H,5-7,10-14H2,1-4H3,(H,28,33)/t19-,24+/m1/s1. The van der Waals surface area contributed by atoms with E-state index in [2.05, 4.69) is 27.6 Å². The zero-order valence-corrected chi connectivity index (χ0v) is 20.8. The number of aromatic nitrogens is 2. The molecule has 184 valence electrons. The Labute approximate surface area is 202 Å². The molecule has 0 aliphatic carbocycles. The molecule has 1 N–H and O–H groups in total. The van der Waals surface area contributed by atoms with Crippen LogP contribution in [0.15, 0.2) is 30.6 Å². The summed E-state index contributed by atoms with van der Waals surface area (Å²) >= 11 is 0.